The molecule has 7 heteroatoms. The summed E-state index contributed by atoms with van der Waals surface area (Å²) in [5, 5.41) is 3.35. The van der Waals surface area contributed by atoms with Crippen LogP contribution in [0, 0.1) is 5.92 Å². The molecule has 24 heavy (non-hydrogen) atoms. The molecule has 0 aromatic heterocycles. The Morgan fingerprint density at radius 1 is 1.00 bits per heavy atom. The SMILES string of the molecule is Cl.Cl.O=C(C1CCNCC1)N1CCCOC(CN2CCCCC2)C1. The number of nitrogens with zero attached hydrogens (tertiary/aromatic N) is 2. The first-order valence-electron chi connectivity index (χ1n) is 9.16. The Hall–Kier alpha value is -0.0700. The third-order valence-electron chi connectivity index (χ3n) is 5.26. The van der Waals surface area contributed by atoms with Gasteiger partial charge in [0.25, 0.3) is 0 Å². The molecule has 142 valence electrons. The van der Waals surface area contributed by atoms with Gasteiger partial charge in [0.1, 0.15) is 0 Å². The summed E-state index contributed by atoms with van der Waals surface area (Å²) in [5.41, 5.74) is 0. The Labute approximate surface area is 158 Å². The minimum absolute atomic E-state index is 0. The highest BCUT2D eigenvalue weighted by Gasteiger charge is 2.29. The number of piperidine rings is 2. The maximum Gasteiger partial charge on any atom is 0.225 e. The summed E-state index contributed by atoms with van der Waals surface area (Å²) >= 11 is 0. The minimum Gasteiger partial charge on any atom is -0.375 e. The number of amides is 1. The van der Waals surface area contributed by atoms with Crippen LogP contribution in [0.3, 0.4) is 0 Å². The third kappa shape index (κ3) is 6.34. The van der Waals surface area contributed by atoms with Crippen LogP contribution >= 0.6 is 24.8 Å². The zero-order valence-electron chi connectivity index (χ0n) is 14.6. The van der Waals surface area contributed by atoms with Crippen LogP contribution in [0.1, 0.15) is 38.5 Å². The first-order valence-corrected chi connectivity index (χ1v) is 9.16. The van der Waals surface area contributed by atoms with Gasteiger partial charge >= 0.3 is 0 Å². The van der Waals surface area contributed by atoms with Gasteiger partial charge in [-0.3, -0.25) is 4.79 Å². The number of ether oxygens (including phenoxy) is 1. The smallest absolute Gasteiger partial charge is 0.225 e. The molecule has 1 atom stereocenters. The van der Waals surface area contributed by atoms with Crippen LogP contribution in [0.2, 0.25) is 0 Å². The van der Waals surface area contributed by atoms with Crippen molar-refractivity contribution in [3.05, 3.63) is 0 Å². The van der Waals surface area contributed by atoms with Crippen LogP contribution in [-0.2, 0) is 9.53 Å². The molecule has 5 nitrogen and oxygen atoms in total. The Bertz CT molecular complexity index is 362. The van der Waals surface area contributed by atoms with E-state index < -0.39 is 0 Å². The summed E-state index contributed by atoms with van der Waals surface area (Å²) in [4.78, 5) is 17.4. The predicted molar refractivity (Wildman–Crippen MR) is 101 cm³/mol. The summed E-state index contributed by atoms with van der Waals surface area (Å²) in [6, 6.07) is 0. The van der Waals surface area contributed by atoms with Crippen molar-refractivity contribution in [3.8, 4) is 0 Å². The maximum absolute atomic E-state index is 12.8. The van der Waals surface area contributed by atoms with E-state index in [1.54, 1.807) is 0 Å². The summed E-state index contributed by atoms with van der Waals surface area (Å²) in [6.45, 7) is 7.82. The van der Waals surface area contributed by atoms with Crippen molar-refractivity contribution in [2.24, 2.45) is 5.92 Å². The molecule has 0 aliphatic carbocycles. The molecule has 0 aromatic rings. The van der Waals surface area contributed by atoms with Crippen LogP contribution in [0.25, 0.3) is 0 Å². The Kier molecular flexibility index (Phi) is 10.6. The maximum atomic E-state index is 12.8. The van der Waals surface area contributed by atoms with Gasteiger partial charge in [0.15, 0.2) is 0 Å². The summed E-state index contributed by atoms with van der Waals surface area (Å²) in [5.74, 6) is 0.602. The molecule has 1 N–H and O–H groups in total. The van der Waals surface area contributed by atoms with Crippen molar-refractivity contribution in [2.75, 3.05) is 52.4 Å². The zero-order chi connectivity index (χ0) is 15.2. The summed E-state index contributed by atoms with van der Waals surface area (Å²) in [6.07, 6.45) is 7.15. The molecule has 3 rings (SSSR count). The fraction of sp³-hybridized carbons (Fsp3) is 0.941. The van der Waals surface area contributed by atoms with Gasteiger partial charge in [0.2, 0.25) is 5.91 Å². The van der Waals surface area contributed by atoms with Gasteiger partial charge in [-0.25, -0.2) is 0 Å². The molecule has 0 spiro atoms. The first kappa shape index (κ1) is 22.0. The number of carbonyl (C=O) groups excluding carboxylic acids is 1. The zero-order valence-corrected chi connectivity index (χ0v) is 16.2. The van der Waals surface area contributed by atoms with Gasteiger partial charge < -0.3 is 19.9 Å². The number of nitrogens with one attached hydrogen (secondary N) is 1. The molecule has 0 saturated carbocycles. The molecule has 3 aliphatic rings. The second kappa shape index (κ2) is 11.5. The van der Waals surface area contributed by atoms with Gasteiger partial charge in [-0.2, -0.15) is 0 Å². The molecule has 1 unspecified atom stereocenters. The first-order chi connectivity index (χ1) is 10.8. The number of halogens is 2. The summed E-state index contributed by atoms with van der Waals surface area (Å²) < 4.78 is 6.03. The molecular weight excluding hydrogens is 349 g/mol. The molecule has 0 aromatic carbocycles. The van der Waals surface area contributed by atoms with Crippen molar-refractivity contribution in [2.45, 2.75) is 44.6 Å². The molecule has 3 saturated heterocycles. The van der Waals surface area contributed by atoms with Gasteiger partial charge in [0, 0.05) is 32.2 Å². The predicted octanol–water partition coefficient (Wildman–Crippen LogP) is 1.93. The number of hydrogen-bond acceptors (Lipinski definition) is 4. The lowest BCUT2D eigenvalue weighted by Gasteiger charge is -2.33. The number of likely N-dealkylation sites (tertiary alicyclic amines) is 1. The number of rotatable bonds is 3. The van der Waals surface area contributed by atoms with Gasteiger partial charge in [0.05, 0.1) is 6.10 Å². The van der Waals surface area contributed by atoms with Crippen LogP contribution in [0.15, 0.2) is 0 Å². The fourth-order valence-corrected chi connectivity index (χ4v) is 3.96. The normalized spacial score (nSPS) is 26.8. The Morgan fingerprint density at radius 3 is 2.42 bits per heavy atom. The Morgan fingerprint density at radius 2 is 1.71 bits per heavy atom. The molecule has 3 aliphatic heterocycles. The van der Waals surface area contributed by atoms with E-state index in [4.69, 9.17) is 4.74 Å². The van der Waals surface area contributed by atoms with Crippen molar-refractivity contribution in [1.82, 2.24) is 15.1 Å². The van der Waals surface area contributed by atoms with Crippen molar-refractivity contribution in [1.29, 1.82) is 0 Å². The van der Waals surface area contributed by atoms with Crippen LogP contribution in [0.4, 0.5) is 0 Å². The van der Waals surface area contributed by atoms with E-state index in [1.807, 2.05) is 0 Å². The molecule has 0 bridgehead atoms. The molecular formula is C17H33Cl2N3O2. The van der Waals surface area contributed by atoms with Gasteiger partial charge in [-0.15, -0.1) is 24.8 Å². The second-order valence-electron chi connectivity index (χ2n) is 7.02. The van der Waals surface area contributed by atoms with E-state index in [1.165, 1.54) is 32.4 Å². The average molecular weight is 382 g/mol. The van der Waals surface area contributed by atoms with E-state index >= 15 is 0 Å². The van der Waals surface area contributed by atoms with Crippen molar-refractivity contribution >= 4 is 30.7 Å². The lowest BCUT2D eigenvalue weighted by Crippen LogP contribution is -2.46. The topological polar surface area (TPSA) is 44.8 Å². The van der Waals surface area contributed by atoms with Crippen molar-refractivity contribution in [3.63, 3.8) is 0 Å². The Balaban J connectivity index is 0.00000144. The molecule has 1 amide bonds. The fourth-order valence-electron chi connectivity index (χ4n) is 3.96. The minimum atomic E-state index is 0. The van der Waals surface area contributed by atoms with Gasteiger partial charge in [-0.1, -0.05) is 6.42 Å². The molecule has 3 heterocycles. The monoisotopic (exact) mass is 381 g/mol. The molecule has 3 fully saturated rings. The summed E-state index contributed by atoms with van der Waals surface area (Å²) in [7, 11) is 0. The van der Waals surface area contributed by atoms with E-state index in [9.17, 15) is 4.79 Å². The highest BCUT2D eigenvalue weighted by atomic mass is 35.5. The quantitative estimate of drug-likeness (QED) is 0.810. The average Bonchev–Trinajstić information content (AvgIpc) is 2.81. The van der Waals surface area contributed by atoms with Crippen LogP contribution in [0.5, 0.6) is 0 Å². The number of hydrogen-bond donors (Lipinski definition) is 1. The molecule has 0 radical (unpaired) electrons. The lowest BCUT2D eigenvalue weighted by atomic mass is 9.96. The van der Waals surface area contributed by atoms with E-state index in [-0.39, 0.29) is 36.8 Å². The van der Waals surface area contributed by atoms with E-state index in [0.717, 1.165) is 58.6 Å². The van der Waals surface area contributed by atoms with Gasteiger partial charge in [-0.05, 0) is 58.3 Å². The van der Waals surface area contributed by atoms with Crippen LogP contribution in [-0.4, -0.2) is 74.2 Å². The van der Waals surface area contributed by atoms with Crippen LogP contribution < -0.4 is 5.32 Å². The second-order valence-corrected chi connectivity index (χ2v) is 7.02. The lowest BCUT2D eigenvalue weighted by molar-refractivity contribution is -0.137. The largest absolute Gasteiger partial charge is 0.375 e. The van der Waals surface area contributed by atoms with E-state index in [0.29, 0.717) is 5.91 Å². The van der Waals surface area contributed by atoms with E-state index in [2.05, 4.69) is 15.1 Å². The number of carbonyl (C=O) groups is 1. The standard InChI is InChI=1S/C17H31N3O2.2ClH/c21-17(15-5-7-18-8-6-15)20-11-4-12-22-16(14-20)13-19-9-2-1-3-10-19;;/h15-16,18H,1-14H2;2*1H. The van der Waals surface area contributed by atoms with Crippen molar-refractivity contribution < 1.29 is 9.53 Å². The third-order valence-corrected chi connectivity index (χ3v) is 5.26. The highest BCUT2D eigenvalue weighted by Crippen LogP contribution is 2.18. The highest BCUT2D eigenvalue weighted by molar-refractivity contribution is 5.85.